The first-order chi connectivity index (χ1) is 11.1. The minimum atomic E-state index is -0.728. The third-order valence-electron chi connectivity index (χ3n) is 5.40. The van der Waals surface area contributed by atoms with Crippen molar-refractivity contribution in [2.24, 2.45) is 5.92 Å². The molecule has 0 bridgehead atoms. The van der Waals surface area contributed by atoms with Crippen molar-refractivity contribution in [3.63, 3.8) is 0 Å². The maximum absolute atomic E-state index is 12.4. The van der Waals surface area contributed by atoms with Gasteiger partial charge in [0.2, 0.25) is 5.91 Å². The highest BCUT2D eigenvalue weighted by atomic mass is 16.4. The Morgan fingerprint density at radius 2 is 1.96 bits per heavy atom. The maximum Gasteiger partial charge on any atom is 0.303 e. The lowest BCUT2D eigenvalue weighted by Gasteiger charge is -2.11. The number of fused-ring (bicyclic) bond motifs is 2. The predicted molar refractivity (Wildman–Crippen MR) is 88.3 cm³/mol. The third-order valence-corrected chi connectivity index (χ3v) is 5.40. The molecule has 1 spiro atoms. The van der Waals surface area contributed by atoms with E-state index in [1.54, 1.807) is 0 Å². The Morgan fingerprint density at radius 1 is 1.17 bits per heavy atom. The molecule has 4 heteroatoms. The lowest BCUT2D eigenvalue weighted by molar-refractivity contribution is -0.137. The van der Waals surface area contributed by atoms with Gasteiger partial charge in [-0.1, -0.05) is 37.1 Å². The zero-order valence-corrected chi connectivity index (χ0v) is 13.5. The fourth-order valence-electron chi connectivity index (χ4n) is 4.03. The Labute approximate surface area is 137 Å². The largest absolute Gasteiger partial charge is 0.481 e. The van der Waals surface area contributed by atoms with Crippen LogP contribution in [0.4, 0.5) is 0 Å². The molecule has 3 rings (SSSR count). The van der Waals surface area contributed by atoms with Gasteiger partial charge in [0.05, 0.1) is 0 Å². The zero-order valence-electron chi connectivity index (χ0n) is 13.5. The van der Waals surface area contributed by atoms with Crippen LogP contribution in [-0.2, 0) is 21.4 Å². The van der Waals surface area contributed by atoms with Gasteiger partial charge in [0, 0.05) is 24.3 Å². The molecule has 0 radical (unpaired) electrons. The van der Waals surface area contributed by atoms with Crippen LogP contribution in [0.3, 0.4) is 0 Å². The van der Waals surface area contributed by atoms with Gasteiger partial charge in [0.1, 0.15) is 0 Å². The highest BCUT2D eigenvalue weighted by Gasteiger charge is 2.61. The van der Waals surface area contributed by atoms with Gasteiger partial charge in [-0.15, -0.1) is 0 Å². The number of hydrogen-bond acceptors (Lipinski definition) is 2. The van der Waals surface area contributed by atoms with E-state index in [0.717, 1.165) is 44.9 Å². The van der Waals surface area contributed by atoms with Crippen LogP contribution in [0.2, 0.25) is 0 Å². The molecule has 0 aromatic heterocycles. The van der Waals surface area contributed by atoms with Crippen molar-refractivity contribution in [1.82, 2.24) is 5.32 Å². The predicted octanol–water partition coefficient (Wildman–Crippen LogP) is 3.04. The van der Waals surface area contributed by atoms with Gasteiger partial charge >= 0.3 is 5.97 Å². The van der Waals surface area contributed by atoms with E-state index in [-0.39, 0.29) is 23.7 Å². The maximum atomic E-state index is 12.4. The van der Waals surface area contributed by atoms with Gasteiger partial charge in [-0.05, 0) is 43.2 Å². The van der Waals surface area contributed by atoms with Crippen LogP contribution in [0.5, 0.6) is 0 Å². The number of benzene rings is 1. The molecule has 124 valence electrons. The molecular formula is C19H25NO3. The van der Waals surface area contributed by atoms with Crippen molar-refractivity contribution in [3.05, 3.63) is 35.4 Å². The molecule has 2 aliphatic rings. The van der Waals surface area contributed by atoms with E-state index in [0.29, 0.717) is 6.54 Å². The number of aryl methyl sites for hydroxylation is 1. The fraction of sp³-hybridized carbons (Fsp3) is 0.579. The zero-order chi connectivity index (χ0) is 16.3. The Kier molecular flexibility index (Phi) is 4.69. The Morgan fingerprint density at radius 3 is 2.78 bits per heavy atom. The quantitative estimate of drug-likeness (QED) is 0.725. The second-order valence-electron chi connectivity index (χ2n) is 6.92. The Bertz CT molecular complexity index is 598. The minimum Gasteiger partial charge on any atom is -0.481 e. The van der Waals surface area contributed by atoms with Crippen molar-refractivity contribution >= 4 is 11.9 Å². The highest BCUT2D eigenvalue weighted by molar-refractivity contribution is 5.85. The summed E-state index contributed by atoms with van der Waals surface area (Å²) in [7, 11) is 0. The van der Waals surface area contributed by atoms with Crippen LogP contribution >= 0.6 is 0 Å². The average Bonchev–Trinajstić information content (AvgIpc) is 3.16. The van der Waals surface area contributed by atoms with Crippen molar-refractivity contribution < 1.29 is 14.7 Å². The Balaban J connectivity index is 1.38. The van der Waals surface area contributed by atoms with E-state index in [1.165, 1.54) is 11.1 Å². The summed E-state index contributed by atoms with van der Waals surface area (Å²) in [6.45, 7) is 0.708. The van der Waals surface area contributed by atoms with Crippen LogP contribution in [-0.4, -0.2) is 23.5 Å². The van der Waals surface area contributed by atoms with E-state index >= 15 is 0 Å². The van der Waals surface area contributed by atoms with Crippen LogP contribution in [0, 0.1) is 5.92 Å². The van der Waals surface area contributed by atoms with Crippen molar-refractivity contribution in [2.75, 3.05) is 6.54 Å². The molecule has 2 atom stereocenters. The molecule has 2 aliphatic carbocycles. The molecule has 2 N–H and O–H groups in total. The summed E-state index contributed by atoms with van der Waals surface area (Å²) in [6, 6.07) is 8.54. The summed E-state index contributed by atoms with van der Waals surface area (Å²) < 4.78 is 0. The number of rotatable bonds is 8. The summed E-state index contributed by atoms with van der Waals surface area (Å²) in [5.41, 5.74) is 2.94. The molecule has 1 fully saturated rings. The third kappa shape index (κ3) is 3.41. The molecule has 23 heavy (non-hydrogen) atoms. The standard InChI is InChI=1S/C19H25NO3/c21-17(22)9-3-1-2-6-12-20-18(23)16-13-19(16)11-10-14-7-4-5-8-15(14)19/h4-5,7-8,16H,1-3,6,9-13H2,(H,20,23)(H,21,22). The second kappa shape index (κ2) is 6.73. The van der Waals surface area contributed by atoms with Crippen LogP contribution in [0.1, 0.15) is 56.1 Å². The van der Waals surface area contributed by atoms with Gasteiger partial charge in [-0.3, -0.25) is 9.59 Å². The first-order valence-corrected chi connectivity index (χ1v) is 8.71. The van der Waals surface area contributed by atoms with E-state index in [1.807, 2.05) is 0 Å². The first-order valence-electron chi connectivity index (χ1n) is 8.71. The summed E-state index contributed by atoms with van der Waals surface area (Å²) in [5.74, 6) is -0.375. The number of carbonyl (C=O) groups excluding carboxylic acids is 1. The molecule has 1 saturated carbocycles. The number of carboxylic acid groups (broad SMARTS) is 1. The molecular weight excluding hydrogens is 290 g/mol. The molecule has 4 nitrogen and oxygen atoms in total. The fourth-order valence-corrected chi connectivity index (χ4v) is 4.03. The number of carbonyl (C=O) groups is 2. The van der Waals surface area contributed by atoms with Gasteiger partial charge < -0.3 is 10.4 Å². The number of aliphatic carboxylic acids is 1. The van der Waals surface area contributed by atoms with E-state index in [9.17, 15) is 9.59 Å². The van der Waals surface area contributed by atoms with E-state index in [2.05, 4.69) is 29.6 Å². The smallest absolute Gasteiger partial charge is 0.303 e. The highest BCUT2D eigenvalue weighted by Crippen LogP contribution is 2.61. The average molecular weight is 315 g/mol. The first kappa shape index (κ1) is 16.0. The van der Waals surface area contributed by atoms with Crippen molar-refractivity contribution in [1.29, 1.82) is 0 Å². The van der Waals surface area contributed by atoms with Crippen LogP contribution in [0.15, 0.2) is 24.3 Å². The SMILES string of the molecule is O=C(O)CCCCCCNC(=O)C1CC12CCc1ccccc12. The lowest BCUT2D eigenvalue weighted by atomic mass is 9.95. The van der Waals surface area contributed by atoms with Crippen molar-refractivity contribution in [3.8, 4) is 0 Å². The van der Waals surface area contributed by atoms with Gasteiger partial charge in [0.25, 0.3) is 0 Å². The number of carboxylic acids is 1. The van der Waals surface area contributed by atoms with Crippen molar-refractivity contribution in [2.45, 2.75) is 56.8 Å². The normalized spacial score (nSPS) is 24.4. The summed E-state index contributed by atoms with van der Waals surface area (Å²) >= 11 is 0. The molecule has 0 aliphatic heterocycles. The van der Waals surface area contributed by atoms with Gasteiger partial charge in [0.15, 0.2) is 0 Å². The lowest BCUT2D eigenvalue weighted by Crippen LogP contribution is -2.28. The molecule has 0 saturated heterocycles. The van der Waals surface area contributed by atoms with E-state index in [4.69, 9.17) is 5.11 Å². The summed E-state index contributed by atoms with van der Waals surface area (Å²) in [5, 5.41) is 11.6. The monoisotopic (exact) mass is 315 g/mol. The van der Waals surface area contributed by atoms with Gasteiger partial charge in [-0.2, -0.15) is 0 Å². The molecule has 2 unspecified atom stereocenters. The minimum absolute atomic E-state index is 0.127. The number of unbranched alkanes of at least 4 members (excludes halogenated alkanes) is 3. The number of nitrogens with one attached hydrogen (secondary N) is 1. The van der Waals surface area contributed by atoms with E-state index < -0.39 is 5.97 Å². The topological polar surface area (TPSA) is 66.4 Å². The summed E-state index contributed by atoms with van der Waals surface area (Å²) in [4.78, 5) is 22.8. The van der Waals surface area contributed by atoms with Crippen LogP contribution in [0.25, 0.3) is 0 Å². The summed E-state index contributed by atoms with van der Waals surface area (Å²) in [6.07, 6.45) is 7.01. The second-order valence-corrected chi connectivity index (χ2v) is 6.92. The van der Waals surface area contributed by atoms with Gasteiger partial charge in [-0.25, -0.2) is 0 Å². The number of amides is 1. The molecule has 0 heterocycles. The molecule has 1 aromatic rings. The molecule has 1 aromatic carbocycles. The van der Waals surface area contributed by atoms with Crippen LogP contribution < -0.4 is 5.32 Å². The Hall–Kier alpha value is -1.84. The number of hydrogen-bond donors (Lipinski definition) is 2. The molecule has 1 amide bonds.